The van der Waals surface area contributed by atoms with Crippen molar-refractivity contribution in [1.82, 2.24) is 18.3 Å². The lowest BCUT2D eigenvalue weighted by Crippen LogP contribution is -2.23. The molecule has 194 valence electrons. The smallest absolute Gasteiger partial charge is 0.338 e. The molecule has 0 saturated carbocycles. The van der Waals surface area contributed by atoms with Crippen LogP contribution < -0.4 is 22.8 Å². The summed E-state index contributed by atoms with van der Waals surface area (Å²) in [5.41, 5.74) is 18.1. The summed E-state index contributed by atoms with van der Waals surface area (Å²) in [4.78, 5) is 28.3. The Morgan fingerprint density at radius 2 is 0.725 bits per heavy atom. The number of nitrogen functional groups attached to an aromatic ring is 2. The zero-order chi connectivity index (χ0) is 27.4. The monoisotopic (exact) mass is 524 g/mol. The number of aromatic nitrogens is 4. The molecule has 0 amide bonds. The molecule has 0 saturated heterocycles. The molecule has 2 heterocycles. The normalized spacial score (nSPS) is 11.4. The van der Waals surface area contributed by atoms with Crippen molar-refractivity contribution in [3.63, 3.8) is 0 Å². The molecule has 0 atom stereocenters. The zero-order valence-corrected chi connectivity index (χ0v) is 21.3. The molecular weight excluding hydrogens is 500 g/mol. The van der Waals surface area contributed by atoms with Gasteiger partial charge in [0.2, 0.25) is 0 Å². The molecule has 4 N–H and O–H groups in total. The van der Waals surface area contributed by atoms with E-state index < -0.39 is 0 Å². The minimum absolute atomic E-state index is 0.272. The van der Waals surface area contributed by atoms with Gasteiger partial charge >= 0.3 is 11.4 Å². The maximum Gasteiger partial charge on any atom is 0.338 e. The molecule has 0 aliphatic rings. The van der Waals surface area contributed by atoms with E-state index in [0.717, 1.165) is 0 Å². The lowest BCUT2D eigenvalue weighted by molar-refractivity contribution is 0.925. The van der Waals surface area contributed by atoms with Crippen LogP contribution in [0.5, 0.6) is 0 Å². The highest BCUT2D eigenvalue weighted by atomic mass is 16.2. The van der Waals surface area contributed by atoms with E-state index in [1.165, 1.54) is 0 Å². The molecule has 0 bridgehead atoms. The van der Waals surface area contributed by atoms with Crippen LogP contribution in [0.4, 0.5) is 11.4 Å². The number of nitrogens with zero attached hydrogens (tertiary/aromatic N) is 4. The molecule has 8 nitrogen and oxygen atoms in total. The van der Waals surface area contributed by atoms with Crippen LogP contribution in [0.15, 0.2) is 131 Å². The summed E-state index contributed by atoms with van der Waals surface area (Å²) in [7, 11) is 0. The fourth-order valence-electron chi connectivity index (χ4n) is 5.38. The van der Waals surface area contributed by atoms with E-state index >= 15 is 0 Å². The first-order valence-electron chi connectivity index (χ1n) is 12.8. The van der Waals surface area contributed by atoms with Gasteiger partial charge in [0, 0.05) is 0 Å². The first kappa shape index (κ1) is 23.4. The van der Waals surface area contributed by atoms with Gasteiger partial charge in [-0.2, -0.15) is 0 Å². The summed E-state index contributed by atoms with van der Waals surface area (Å²) in [6, 6.07) is 37.1. The Labute approximate surface area is 228 Å². The van der Waals surface area contributed by atoms with Crippen LogP contribution in [0.3, 0.4) is 0 Å². The first-order valence-corrected chi connectivity index (χ1v) is 12.8. The van der Waals surface area contributed by atoms with Gasteiger partial charge < -0.3 is 11.5 Å². The summed E-state index contributed by atoms with van der Waals surface area (Å²) < 4.78 is 6.49. The molecule has 0 spiro atoms. The third-order valence-electron chi connectivity index (χ3n) is 7.18. The molecular formula is C32H24N6O2. The molecule has 8 heteroatoms. The average Bonchev–Trinajstić information content (AvgIpc) is 3.42. The number of anilines is 2. The lowest BCUT2D eigenvalue weighted by atomic mass is 10.2. The maximum absolute atomic E-state index is 14.1. The fourth-order valence-corrected chi connectivity index (χ4v) is 5.38. The van der Waals surface area contributed by atoms with Gasteiger partial charge in [0.1, 0.15) is 0 Å². The van der Waals surface area contributed by atoms with Gasteiger partial charge in [-0.15, -0.1) is 0 Å². The third-order valence-corrected chi connectivity index (χ3v) is 7.18. The van der Waals surface area contributed by atoms with E-state index in [0.29, 0.717) is 56.2 Å². The Balaban J connectivity index is 1.70. The van der Waals surface area contributed by atoms with Crippen molar-refractivity contribution in [3.05, 3.63) is 142 Å². The van der Waals surface area contributed by atoms with Crippen molar-refractivity contribution < 1.29 is 0 Å². The molecule has 7 rings (SSSR count). The average molecular weight is 525 g/mol. The highest BCUT2D eigenvalue weighted by Crippen LogP contribution is 2.31. The van der Waals surface area contributed by atoms with Crippen LogP contribution in [-0.4, -0.2) is 18.3 Å². The van der Waals surface area contributed by atoms with E-state index in [1.54, 1.807) is 30.4 Å². The molecule has 2 aromatic heterocycles. The van der Waals surface area contributed by atoms with Crippen LogP contribution in [-0.2, 0) is 0 Å². The second-order valence-corrected chi connectivity index (χ2v) is 9.53. The van der Waals surface area contributed by atoms with Gasteiger partial charge in [-0.05, 0) is 60.7 Å². The number of hydrogen-bond acceptors (Lipinski definition) is 4. The topological polar surface area (TPSA) is 106 Å². The Bertz CT molecular complexity index is 2020. The first-order chi connectivity index (χ1) is 19.5. The fraction of sp³-hybridized carbons (Fsp3) is 0. The standard InChI is InChI=1S/C32H24N6O2/c33-23-15-7-9-17-25(23)37-29-20-30-28(19-27(29)35(31(37)39)21-11-3-1-4-12-21)36(22-13-5-2-6-14-22)32(40)38(30)26-18-10-8-16-24(26)34/h1-20H,33-34H2. The van der Waals surface area contributed by atoms with Crippen molar-refractivity contribution in [2.24, 2.45) is 0 Å². The van der Waals surface area contributed by atoms with Crippen molar-refractivity contribution >= 4 is 33.4 Å². The van der Waals surface area contributed by atoms with Gasteiger partial charge in [0.25, 0.3) is 0 Å². The van der Waals surface area contributed by atoms with Crippen LogP contribution in [0, 0.1) is 0 Å². The van der Waals surface area contributed by atoms with E-state index in [4.69, 9.17) is 11.5 Å². The summed E-state index contributed by atoms with van der Waals surface area (Å²) in [6.45, 7) is 0. The van der Waals surface area contributed by atoms with Gasteiger partial charge in [-0.1, -0.05) is 60.7 Å². The van der Waals surface area contributed by atoms with Crippen molar-refractivity contribution in [3.8, 4) is 22.7 Å². The van der Waals surface area contributed by atoms with Crippen LogP contribution >= 0.6 is 0 Å². The van der Waals surface area contributed by atoms with Gasteiger partial charge in [-0.3, -0.25) is 18.3 Å². The molecule has 40 heavy (non-hydrogen) atoms. The number of benzene rings is 5. The predicted octanol–water partition coefficient (Wildman–Crippen LogP) is 5.04. The Hall–Kier alpha value is -5.76. The van der Waals surface area contributed by atoms with Crippen LogP contribution in [0.1, 0.15) is 0 Å². The second kappa shape index (κ2) is 8.92. The van der Waals surface area contributed by atoms with E-state index in [9.17, 15) is 9.59 Å². The molecule has 0 fully saturated rings. The number of nitrogens with two attached hydrogens (primary N) is 2. The second-order valence-electron chi connectivity index (χ2n) is 9.53. The number of imidazole rings is 2. The van der Waals surface area contributed by atoms with Crippen molar-refractivity contribution in [2.75, 3.05) is 11.5 Å². The minimum atomic E-state index is -0.272. The Kier molecular flexibility index (Phi) is 5.21. The SMILES string of the molecule is Nc1ccccc1-n1c(=O)n(-c2ccccc2)c2cc3c(cc21)n(-c1ccccc1N)c(=O)n3-c1ccccc1. The van der Waals surface area contributed by atoms with Crippen LogP contribution in [0.25, 0.3) is 44.8 Å². The van der Waals surface area contributed by atoms with Crippen LogP contribution in [0.2, 0.25) is 0 Å². The maximum atomic E-state index is 14.1. The van der Waals surface area contributed by atoms with Crippen molar-refractivity contribution in [1.29, 1.82) is 0 Å². The lowest BCUT2D eigenvalue weighted by Gasteiger charge is -2.08. The molecule has 0 unspecified atom stereocenters. The predicted molar refractivity (Wildman–Crippen MR) is 160 cm³/mol. The highest BCUT2D eigenvalue weighted by molar-refractivity contribution is 5.96. The van der Waals surface area contributed by atoms with E-state index in [2.05, 4.69) is 0 Å². The molecule has 7 aromatic rings. The summed E-state index contributed by atoms with van der Waals surface area (Å²) in [6.07, 6.45) is 0. The highest BCUT2D eigenvalue weighted by Gasteiger charge is 2.23. The van der Waals surface area contributed by atoms with Gasteiger partial charge in [0.15, 0.2) is 0 Å². The number of rotatable bonds is 4. The van der Waals surface area contributed by atoms with E-state index in [1.807, 2.05) is 109 Å². The molecule has 0 radical (unpaired) electrons. The zero-order valence-electron chi connectivity index (χ0n) is 21.3. The third kappa shape index (κ3) is 3.40. The molecule has 5 aromatic carbocycles. The summed E-state index contributed by atoms with van der Waals surface area (Å²) in [5.74, 6) is 0. The summed E-state index contributed by atoms with van der Waals surface area (Å²) in [5, 5.41) is 0. The molecule has 0 aliphatic carbocycles. The van der Waals surface area contributed by atoms with E-state index in [-0.39, 0.29) is 11.4 Å². The minimum Gasteiger partial charge on any atom is -0.397 e. The number of para-hydroxylation sites is 6. The quantitative estimate of drug-likeness (QED) is 0.315. The van der Waals surface area contributed by atoms with Gasteiger partial charge in [0.05, 0.1) is 56.2 Å². The summed E-state index contributed by atoms with van der Waals surface area (Å²) >= 11 is 0. The Morgan fingerprint density at radius 1 is 0.400 bits per heavy atom. The van der Waals surface area contributed by atoms with Crippen molar-refractivity contribution in [2.45, 2.75) is 0 Å². The number of hydrogen-bond donors (Lipinski definition) is 2. The number of fused-ring (bicyclic) bond motifs is 2. The molecule has 0 aliphatic heterocycles. The van der Waals surface area contributed by atoms with Gasteiger partial charge in [-0.25, -0.2) is 9.59 Å². The Morgan fingerprint density at radius 3 is 1.10 bits per heavy atom. The largest absolute Gasteiger partial charge is 0.397 e.